The molecule has 8 heteroatoms. The van der Waals surface area contributed by atoms with Crippen LogP contribution < -0.4 is 26.2 Å². The van der Waals surface area contributed by atoms with E-state index in [-0.39, 0.29) is 12.5 Å². The van der Waals surface area contributed by atoms with Gasteiger partial charge in [0.1, 0.15) is 12.5 Å². The molecule has 6 rings (SSSR count). The lowest BCUT2D eigenvalue weighted by atomic mass is 10.1. The van der Waals surface area contributed by atoms with Crippen molar-refractivity contribution in [2.75, 3.05) is 48.5 Å². The molecule has 0 bridgehead atoms. The summed E-state index contributed by atoms with van der Waals surface area (Å²) in [5, 5.41) is 15.3. The second-order valence-electron chi connectivity index (χ2n) is 8.84. The summed E-state index contributed by atoms with van der Waals surface area (Å²) in [6, 6.07) is 15.3. The fourth-order valence-electron chi connectivity index (χ4n) is 4.70. The molecule has 168 valence electrons. The van der Waals surface area contributed by atoms with E-state index in [1.807, 2.05) is 24.3 Å². The lowest BCUT2D eigenvalue weighted by Gasteiger charge is -2.41. The number of ether oxygens (including phenoxy) is 1. The highest BCUT2D eigenvalue weighted by Crippen LogP contribution is 2.40. The van der Waals surface area contributed by atoms with Crippen molar-refractivity contribution in [1.29, 1.82) is 0 Å². The molecule has 3 heterocycles. The van der Waals surface area contributed by atoms with Gasteiger partial charge in [-0.3, -0.25) is 10.2 Å². The highest BCUT2D eigenvalue weighted by Gasteiger charge is 2.34. The van der Waals surface area contributed by atoms with E-state index < -0.39 is 0 Å². The maximum Gasteiger partial charge on any atom is 0.136 e. The van der Waals surface area contributed by atoms with Crippen LogP contribution in [0.25, 0.3) is 5.70 Å². The van der Waals surface area contributed by atoms with E-state index >= 15 is 0 Å². The molecule has 4 N–H and O–H groups in total. The zero-order valence-electron chi connectivity index (χ0n) is 18.0. The van der Waals surface area contributed by atoms with E-state index in [0.29, 0.717) is 6.04 Å². The number of anilines is 3. The number of halogens is 1. The SMILES string of the molecule is Clc1ccc(NC2C=C(c3ccc4c(c3)N(C3CC3)CN4)NC(N3CCOCC3)N2)cc1. The van der Waals surface area contributed by atoms with Gasteiger partial charge in [0.05, 0.1) is 31.3 Å². The van der Waals surface area contributed by atoms with Crippen molar-refractivity contribution in [3.63, 3.8) is 0 Å². The lowest BCUT2D eigenvalue weighted by molar-refractivity contribution is 0.00197. The smallest absolute Gasteiger partial charge is 0.136 e. The molecule has 7 nitrogen and oxygen atoms in total. The van der Waals surface area contributed by atoms with Gasteiger partial charge in [-0.05, 0) is 60.9 Å². The van der Waals surface area contributed by atoms with Crippen molar-refractivity contribution in [3.8, 4) is 0 Å². The summed E-state index contributed by atoms with van der Waals surface area (Å²) in [5.74, 6) is 0. The number of fused-ring (bicyclic) bond motifs is 1. The van der Waals surface area contributed by atoms with Crippen LogP contribution in [0.3, 0.4) is 0 Å². The van der Waals surface area contributed by atoms with Crippen LogP contribution in [-0.2, 0) is 4.74 Å². The highest BCUT2D eigenvalue weighted by atomic mass is 35.5. The van der Waals surface area contributed by atoms with Gasteiger partial charge < -0.3 is 25.6 Å². The second kappa shape index (κ2) is 8.48. The predicted molar refractivity (Wildman–Crippen MR) is 130 cm³/mol. The van der Waals surface area contributed by atoms with Gasteiger partial charge in [-0.1, -0.05) is 17.7 Å². The fraction of sp³-hybridized carbons (Fsp3) is 0.417. The molecule has 3 aliphatic heterocycles. The van der Waals surface area contributed by atoms with Crippen LogP contribution in [0.1, 0.15) is 18.4 Å². The topological polar surface area (TPSA) is 63.8 Å². The van der Waals surface area contributed by atoms with Crippen LogP contribution in [0.5, 0.6) is 0 Å². The third kappa shape index (κ3) is 4.13. The number of nitrogens with one attached hydrogen (secondary N) is 4. The molecular formula is C24H29ClN6O. The molecule has 0 spiro atoms. The van der Waals surface area contributed by atoms with Crippen molar-refractivity contribution in [3.05, 3.63) is 59.1 Å². The van der Waals surface area contributed by atoms with Crippen LogP contribution >= 0.6 is 11.6 Å². The van der Waals surface area contributed by atoms with Crippen molar-refractivity contribution >= 4 is 34.4 Å². The highest BCUT2D eigenvalue weighted by molar-refractivity contribution is 6.30. The molecule has 2 atom stereocenters. The molecule has 2 fully saturated rings. The average Bonchev–Trinajstić information content (AvgIpc) is 3.59. The molecule has 1 saturated heterocycles. The molecule has 0 aromatic heterocycles. The van der Waals surface area contributed by atoms with Crippen LogP contribution in [0.4, 0.5) is 17.1 Å². The Labute approximate surface area is 193 Å². The molecule has 0 amide bonds. The number of morpholine rings is 1. The van der Waals surface area contributed by atoms with Gasteiger partial charge in [0.2, 0.25) is 0 Å². The standard InChI is InChI=1S/C24H29ClN6O/c25-17-2-4-18(5-3-17)27-23-14-21(28-24(29-23)30-9-11-32-12-10-30)16-1-8-20-22(13-16)31(15-26-20)19-6-7-19/h1-5,8,13-14,19,23-24,26-29H,6-7,9-12,15H2. The van der Waals surface area contributed by atoms with Gasteiger partial charge in [-0.15, -0.1) is 0 Å². The van der Waals surface area contributed by atoms with Crippen molar-refractivity contribution in [2.24, 2.45) is 0 Å². The Hall–Kier alpha value is -2.45. The normalized spacial score (nSPS) is 25.5. The average molecular weight is 453 g/mol. The summed E-state index contributed by atoms with van der Waals surface area (Å²) in [6.07, 6.45) is 4.82. The van der Waals surface area contributed by atoms with Crippen molar-refractivity contribution < 1.29 is 4.74 Å². The summed E-state index contributed by atoms with van der Waals surface area (Å²) in [6.45, 7) is 4.23. The molecule has 0 radical (unpaired) electrons. The fourth-order valence-corrected chi connectivity index (χ4v) is 4.82. The molecular weight excluding hydrogens is 424 g/mol. The van der Waals surface area contributed by atoms with Gasteiger partial charge in [-0.2, -0.15) is 0 Å². The molecule has 2 unspecified atom stereocenters. The zero-order valence-corrected chi connectivity index (χ0v) is 18.7. The first-order valence-electron chi connectivity index (χ1n) is 11.5. The van der Waals surface area contributed by atoms with E-state index in [9.17, 15) is 0 Å². The van der Waals surface area contributed by atoms with Crippen LogP contribution in [0.2, 0.25) is 5.02 Å². The minimum Gasteiger partial charge on any atom is -0.379 e. The first kappa shape index (κ1) is 20.2. The maximum atomic E-state index is 6.07. The lowest BCUT2D eigenvalue weighted by Crippen LogP contribution is -2.62. The first-order valence-corrected chi connectivity index (χ1v) is 11.8. The van der Waals surface area contributed by atoms with Crippen molar-refractivity contribution in [2.45, 2.75) is 31.3 Å². The predicted octanol–water partition coefficient (Wildman–Crippen LogP) is 3.28. The maximum absolute atomic E-state index is 6.07. The summed E-state index contributed by atoms with van der Waals surface area (Å²) < 4.78 is 5.57. The number of rotatable bonds is 5. The van der Waals surface area contributed by atoms with E-state index in [2.05, 4.69) is 55.3 Å². The number of benzene rings is 2. The minimum absolute atomic E-state index is 0.0221. The Morgan fingerprint density at radius 2 is 1.84 bits per heavy atom. The Balaban J connectivity index is 1.29. The molecule has 32 heavy (non-hydrogen) atoms. The van der Waals surface area contributed by atoms with E-state index in [1.54, 1.807) is 0 Å². The first-order chi connectivity index (χ1) is 15.7. The number of nitrogens with zero attached hydrogens (tertiary/aromatic N) is 2. The van der Waals surface area contributed by atoms with Crippen LogP contribution in [0, 0.1) is 0 Å². The van der Waals surface area contributed by atoms with Gasteiger partial charge in [0.25, 0.3) is 0 Å². The molecule has 1 aliphatic carbocycles. The minimum atomic E-state index is -0.0221. The van der Waals surface area contributed by atoms with Gasteiger partial charge >= 0.3 is 0 Å². The van der Waals surface area contributed by atoms with E-state index in [1.165, 1.54) is 29.8 Å². The van der Waals surface area contributed by atoms with Crippen molar-refractivity contribution in [1.82, 2.24) is 15.5 Å². The summed E-state index contributed by atoms with van der Waals surface area (Å²) in [4.78, 5) is 4.90. The number of hydrogen-bond acceptors (Lipinski definition) is 7. The molecule has 1 saturated carbocycles. The summed E-state index contributed by atoms with van der Waals surface area (Å²) in [5.41, 5.74) is 5.92. The molecule has 4 aliphatic rings. The van der Waals surface area contributed by atoms with Gasteiger partial charge in [0.15, 0.2) is 0 Å². The Morgan fingerprint density at radius 3 is 2.62 bits per heavy atom. The van der Waals surface area contributed by atoms with Crippen LogP contribution in [0.15, 0.2) is 48.5 Å². The Kier molecular flexibility index (Phi) is 5.35. The Bertz CT molecular complexity index is 1000. The molecule has 2 aromatic carbocycles. The van der Waals surface area contributed by atoms with E-state index in [0.717, 1.165) is 49.4 Å². The van der Waals surface area contributed by atoms with Gasteiger partial charge in [0, 0.05) is 35.5 Å². The second-order valence-corrected chi connectivity index (χ2v) is 9.28. The molecule has 2 aromatic rings. The monoisotopic (exact) mass is 452 g/mol. The third-order valence-corrected chi connectivity index (χ3v) is 6.84. The summed E-state index contributed by atoms with van der Waals surface area (Å²) >= 11 is 6.07. The quantitative estimate of drug-likeness (QED) is 0.555. The third-order valence-electron chi connectivity index (χ3n) is 6.59. The largest absolute Gasteiger partial charge is 0.379 e. The van der Waals surface area contributed by atoms with Gasteiger partial charge in [-0.25, -0.2) is 0 Å². The zero-order chi connectivity index (χ0) is 21.5. The van der Waals surface area contributed by atoms with Crippen LogP contribution in [-0.4, -0.2) is 56.4 Å². The summed E-state index contributed by atoms with van der Waals surface area (Å²) in [7, 11) is 0. The van der Waals surface area contributed by atoms with E-state index in [4.69, 9.17) is 16.3 Å². The number of hydrogen-bond donors (Lipinski definition) is 4. The Morgan fingerprint density at radius 1 is 1.03 bits per heavy atom.